The number of unbranched alkanes of at least 4 members (excludes halogenated alkanes) is 2. The van der Waals surface area contributed by atoms with Crippen LogP contribution in [0.5, 0.6) is 0 Å². The van der Waals surface area contributed by atoms with Gasteiger partial charge in [-0.05, 0) is 48.2 Å². The number of aromatic nitrogens is 2. The summed E-state index contributed by atoms with van der Waals surface area (Å²) < 4.78 is 0. The van der Waals surface area contributed by atoms with E-state index >= 15 is 0 Å². The molecule has 6 heteroatoms. The zero-order valence-corrected chi connectivity index (χ0v) is 17.8. The third kappa shape index (κ3) is 5.48. The Morgan fingerprint density at radius 3 is 2.59 bits per heavy atom. The molecule has 2 N–H and O–H groups in total. The number of hydrogen-bond acceptors (Lipinski definition) is 5. The number of carboxylic acid groups (broad SMARTS) is 1. The van der Waals surface area contributed by atoms with E-state index in [0.717, 1.165) is 71.0 Å². The van der Waals surface area contributed by atoms with Crippen molar-refractivity contribution in [1.29, 1.82) is 0 Å². The summed E-state index contributed by atoms with van der Waals surface area (Å²) in [6, 6.07) is 13.0. The van der Waals surface area contributed by atoms with Gasteiger partial charge in [-0.3, -0.25) is 0 Å². The van der Waals surface area contributed by atoms with Crippen molar-refractivity contribution < 1.29 is 9.90 Å². The van der Waals surface area contributed by atoms with E-state index in [9.17, 15) is 9.90 Å². The van der Waals surface area contributed by atoms with Crippen LogP contribution < -0.4 is 5.32 Å². The van der Waals surface area contributed by atoms with Gasteiger partial charge in [0.05, 0.1) is 11.1 Å². The van der Waals surface area contributed by atoms with Crippen LogP contribution in [0.25, 0.3) is 22.0 Å². The molecule has 0 atom stereocenters. The van der Waals surface area contributed by atoms with E-state index in [-0.39, 0.29) is 5.56 Å². The molecular weight excluding hydrogens is 382 g/mol. The van der Waals surface area contributed by atoms with Crippen molar-refractivity contribution in [2.45, 2.75) is 44.7 Å². The summed E-state index contributed by atoms with van der Waals surface area (Å²) in [7, 11) is 0. The molecule has 0 saturated carbocycles. The summed E-state index contributed by atoms with van der Waals surface area (Å²) in [5.41, 5.74) is 3.00. The second kappa shape index (κ2) is 10.3. The summed E-state index contributed by atoms with van der Waals surface area (Å²) in [5.74, 6) is 0.932. The molecular formula is C23H27N3O2S. The van der Waals surface area contributed by atoms with Crippen LogP contribution in [0.15, 0.2) is 47.6 Å². The van der Waals surface area contributed by atoms with Gasteiger partial charge in [-0.2, -0.15) is 0 Å². The topological polar surface area (TPSA) is 75.1 Å². The van der Waals surface area contributed by atoms with Gasteiger partial charge in [-0.25, -0.2) is 14.8 Å². The molecule has 5 nitrogen and oxygen atoms in total. The third-order valence-electron chi connectivity index (χ3n) is 4.67. The number of benzene rings is 2. The summed E-state index contributed by atoms with van der Waals surface area (Å²) >= 11 is 1.69. The van der Waals surface area contributed by atoms with Gasteiger partial charge >= 0.3 is 5.97 Å². The molecule has 1 heterocycles. The molecule has 3 aromatic rings. The molecule has 0 aliphatic carbocycles. The molecule has 152 valence electrons. The first-order valence-corrected chi connectivity index (χ1v) is 11.1. The maximum absolute atomic E-state index is 11.3. The zero-order chi connectivity index (χ0) is 20.6. The lowest BCUT2D eigenvalue weighted by Gasteiger charge is -2.12. The van der Waals surface area contributed by atoms with Gasteiger partial charge in [0.25, 0.3) is 0 Å². The van der Waals surface area contributed by atoms with E-state index < -0.39 is 5.97 Å². The number of nitrogens with one attached hydrogen (secondary N) is 1. The largest absolute Gasteiger partial charge is 0.478 e. The summed E-state index contributed by atoms with van der Waals surface area (Å²) in [4.78, 5) is 20.8. The fourth-order valence-corrected chi connectivity index (χ4v) is 3.94. The van der Waals surface area contributed by atoms with Crippen LogP contribution in [-0.4, -0.2) is 33.3 Å². The van der Waals surface area contributed by atoms with Crippen molar-refractivity contribution in [2.75, 3.05) is 17.6 Å². The van der Waals surface area contributed by atoms with Crippen molar-refractivity contribution in [3.63, 3.8) is 0 Å². The van der Waals surface area contributed by atoms with Crippen LogP contribution >= 0.6 is 11.8 Å². The van der Waals surface area contributed by atoms with Gasteiger partial charge in [0.2, 0.25) is 0 Å². The fraction of sp³-hybridized carbons (Fsp3) is 0.348. The summed E-state index contributed by atoms with van der Waals surface area (Å²) in [6.45, 7) is 5.21. The zero-order valence-electron chi connectivity index (χ0n) is 16.9. The minimum Gasteiger partial charge on any atom is -0.478 e. The van der Waals surface area contributed by atoms with E-state index in [1.165, 1.54) is 0 Å². The van der Waals surface area contributed by atoms with Crippen LogP contribution in [0.2, 0.25) is 0 Å². The van der Waals surface area contributed by atoms with Crippen molar-refractivity contribution >= 4 is 34.5 Å². The second-order valence-electron chi connectivity index (χ2n) is 6.96. The summed E-state index contributed by atoms with van der Waals surface area (Å²) in [6.07, 6.45) is 4.48. The molecule has 0 amide bonds. The molecule has 0 aliphatic heterocycles. The minimum atomic E-state index is -0.924. The standard InChI is InChI=1S/C23H27N3O2S/c1-3-5-12-24-21-19-15-17(16-8-7-9-18(14-16)22(27)28)10-11-20(19)25-23(26-21)29-13-6-4-2/h7-11,14-15H,3-6,12-13H2,1-2H3,(H,27,28)(H,24,25,26). The average molecular weight is 410 g/mol. The predicted molar refractivity (Wildman–Crippen MR) is 121 cm³/mol. The quantitative estimate of drug-likeness (QED) is 0.239. The van der Waals surface area contributed by atoms with Crippen molar-refractivity contribution in [3.05, 3.63) is 48.0 Å². The van der Waals surface area contributed by atoms with Gasteiger partial charge in [0, 0.05) is 17.7 Å². The number of carboxylic acids is 1. The molecule has 0 bridgehead atoms. The maximum atomic E-state index is 11.3. The van der Waals surface area contributed by atoms with Crippen LogP contribution in [0.4, 0.5) is 5.82 Å². The van der Waals surface area contributed by atoms with E-state index in [2.05, 4.69) is 19.2 Å². The first kappa shape index (κ1) is 21.1. The van der Waals surface area contributed by atoms with E-state index in [1.807, 2.05) is 24.3 Å². The fourth-order valence-electron chi connectivity index (χ4n) is 3.01. The Hall–Kier alpha value is -2.60. The van der Waals surface area contributed by atoms with Gasteiger partial charge in [-0.1, -0.05) is 56.7 Å². The van der Waals surface area contributed by atoms with E-state index in [4.69, 9.17) is 9.97 Å². The average Bonchev–Trinajstić information content (AvgIpc) is 2.74. The molecule has 29 heavy (non-hydrogen) atoms. The Morgan fingerprint density at radius 2 is 1.83 bits per heavy atom. The van der Waals surface area contributed by atoms with Gasteiger partial charge in [-0.15, -0.1) is 0 Å². The van der Waals surface area contributed by atoms with Crippen molar-refractivity contribution in [3.8, 4) is 11.1 Å². The lowest BCUT2D eigenvalue weighted by Crippen LogP contribution is -2.05. The third-order valence-corrected chi connectivity index (χ3v) is 5.60. The highest BCUT2D eigenvalue weighted by Gasteiger charge is 2.11. The molecule has 0 radical (unpaired) electrons. The molecule has 2 aromatic carbocycles. The highest BCUT2D eigenvalue weighted by Crippen LogP contribution is 2.30. The highest BCUT2D eigenvalue weighted by atomic mass is 32.2. The smallest absolute Gasteiger partial charge is 0.335 e. The number of hydrogen-bond donors (Lipinski definition) is 2. The molecule has 0 spiro atoms. The maximum Gasteiger partial charge on any atom is 0.335 e. The first-order valence-electron chi connectivity index (χ1n) is 10.1. The van der Waals surface area contributed by atoms with Crippen LogP contribution in [0, 0.1) is 0 Å². The lowest BCUT2D eigenvalue weighted by molar-refractivity contribution is 0.0697. The number of fused-ring (bicyclic) bond motifs is 1. The molecule has 1 aromatic heterocycles. The first-order chi connectivity index (χ1) is 14.1. The van der Waals surface area contributed by atoms with Crippen LogP contribution in [-0.2, 0) is 0 Å². The highest BCUT2D eigenvalue weighted by molar-refractivity contribution is 7.99. The minimum absolute atomic E-state index is 0.280. The second-order valence-corrected chi connectivity index (χ2v) is 8.02. The van der Waals surface area contributed by atoms with Crippen LogP contribution in [0.3, 0.4) is 0 Å². The predicted octanol–water partition coefficient (Wildman–Crippen LogP) is 6.10. The monoisotopic (exact) mass is 409 g/mol. The molecule has 3 rings (SSSR count). The Balaban J connectivity index is 2.00. The Bertz CT molecular complexity index is 991. The number of anilines is 1. The molecule has 0 unspecified atom stereocenters. The molecule has 0 saturated heterocycles. The number of thioether (sulfide) groups is 1. The van der Waals surface area contributed by atoms with Gasteiger partial charge in [0.15, 0.2) is 5.16 Å². The lowest BCUT2D eigenvalue weighted by atomic mass is 10.0. The SMILES string of the molecule is CCCCNc1nc(SCCCC)nc2ccc(-c3cccc(C(=O)O)c3)cc12. The number of carbonyl (C=O) groups is 1. The Kier molecular flexibility index (Phi) is 7.47. The van der Waals surface area contributed by atoms with Crippen LogP contribution in [0.1, 0.15) is 49.9 Å². The summed E-state index contributed by atoms with van der Waals surface area (Å²) in [5, 5.41) is 14.5. The van der Waals surface area contributed by atoms with Crippen molar-refractivity contribution in [2.24, 2.45) is 0 Å². The van der Waals surface area contributed by atoms with Gasteiger partial charge in [0.1, 0.15) is 5.82 Å². The van der Waals surface area contributed by atoms with Crippen molar-refractivity contribution in [1.82, 2.24) is 9.97 Å². The van der Waals surface area contributed by atoms with E-state index in [1.54, 1.807) is 30.0 Å². The Morgan fingerprint density at radius 1 is 1.03 bits per heavy atom. The number of nitrogens with zero attached hydrogens (tertiary/aromatic N) is 2. The normalized spacial score (nSPS) is 11.0. The van der Waals surface area contributed by atoms with Gasteiger partial charge < -0.3 is 10.4 Å². The number of rotatable bonds is 10. The number of aromatic carboxylic acids is 1. The molecule has 0 aliphatic rings. The molecule has 0 fully saturated rings. The Labute approximate surface area is 176 Å². The van der Waals surface area contributed by atoms with E-state index in [0.29, 0.717) is 0 Å².